The summed E-state index contributed by atoms with van der Waals surface area (Å²) in [6.45, 7) is 10.4. The molecule has 0 unspecified atom stereocenters. The first kappa shape index (κ1) is 19.7. The van der Waals surface area contributed by atoms with Crippen LogP contribution in [0.1, 0.15) is 72.4 Å². The molecule has 1 saturated carbocycles. The molecule has 0 aliphatic heterocycles. The van der Waals surface area contributed by atoms with E-state index >= 15 is 0 Å². The predicted octanol–water partition coefficient (Wildman–Crippen LogP) is 4.88. The summed E-state index contributed by atoms with van der Waals surface area (Å²) in [6.07, 6.45) is 4.12. The minimum atomic E-state index is 0.0315. The Morgan fingerprint density at radius 1 is 1.11 bits per heavy atom. The van der Waals surface area contributed by atoms with E-state index in [4.69, 9.17) is 4.74 Å². The van der Waals surface area contributed by atoms with Gasteiger partial charge in [0.15, 0.2) is 0 Å². The molecule has 0 spiro atoms. The number of amides is 1. The molecule has 0 bridgehead atoms. The van der Waals surface area contributed by atoms with E-state index in [-0.39, 0.29) is 18.1 Å². The number of carbonyl (C=O) groups is 1. The SMILES string of the molecule is Cc1ccc(OC2CCC(NC(=O)c3bcc(C(C)C)cc3)CC2)c(C)c1. The van der Waals surface area contributed by atoms with Crippen LogP contribution in [-0.2, 0) is 0 Å². The number of benzene rings is 1. The molecular weight excluding hydrogens is 333 g/mol. The van der Waals surface area contributed by atoms with Gasteiger partial charge in [-0.05, 0) is 6.92 Å². The number of hydrogen-bond acceptors (Lipinski definition) is 2. The molecule has 1 aromatic carbocycles. The van der Waals surface area contributed by atoms with E-state index in [1.807, 2.05) is 25.0 Å². The molecule has 1 N–H and O–H groups in total. The van der Waals surface area contributed by atoms with Crippen molar-refractivity contribution < 1.29 is 9.53 Å². The normalized spacial score (nSPS) is 19.6. The molecule has 0 saturated heterocycles. The second-order valence-corrected chi connectivity index (χ2v) is 8.11. The third-order valence-electron chi connectivity index (χ3n) is 5.47. The van der Waals surface area contributed by atoms with Gasteiger partial charge in [0.05, 0.1) is 0 Å². The van der Waals surface area contributed by atoms with Gasteiger partial charge in [0, 0.05) is 0 Å². The Balaban J connectivity index is 1.49. The maximum absolute atomic E-state index is 12.5. The van der Waals surface area contributed by atoms with Crippen LogP contribution in [-0.4, -0.2) is 25.0 Å². The summed E-state index contributed by atoms with van der Waals surface area (Å²) < 4.78 is 6.20. The van der Waals surface area contributed by atoms with Gasteiger partial charge in [-0.1, -0.05) is 0 Å². The zero-order valence-electron chi connectivity index (χ0n) is 16.9. The van der Waals surface area contributed by atoms with E-state index in [0.717, 1.165) is 36.9 Å². The van der Waals surface area contributed by atoms with Gasteiger partial charge in [-0.25, -0.2) is 0 Å². The molecule has 142 valence electrons. The number of rotatable bonds is 5. The number of ether oxygens (including phenoxy) is 1. The molecule has 2 aromatic rings. The molecule has 1 aromatic heterocycles. The van der Waals surface area contributed by atoms with Crippen molar-refractivity contribution in [3.63, 3.8) is 0 Å². The van der Waals surface area contributed by atoms with Crippen molar-refractivity contribution in [2.75, 3.05) is 0 Å². The topological polar surface area (TPSA) is 38.3 Å². The standard InChI is InChI=1S/C23H30BNO2/c1-15(2)18-6-11-21(24-14-18)23(26)25-19-7-9-20(10-8-19)27-22-12-5-16(3)13-17(22)4/h5-6,11-15,19-20H,7-10H2,1-4H3,(H,25,26). The zero-order valence-corrected chi connectivity index (χ0v) is 16.9. The first-order valence-corrected chi connectivity index (χ1v) is 10.1. The quantitative estimate of drug-likeness (QED) is 0.822. The van der Waals surface area contributed by atoms with Crippen LogP contribution >= 0.6 is 0 Å². The first-order valence-electron chi connectivity index (χ1n) is 10.1. The molecule has 3 rings (SSSR count). The zero-order chi connectivity index (χ0) is 19.4. The van der Waals surface area contributed by atoms with Crippen molar-refractivity contribution in [2.24, 2.45) is 0 Å². The molecule has 1 fully saturated rings. The van der Waals surface area contributed by atoms with E-state index in [9.17, 15) is 4.79 Å². The minimum absolute atomic E-state index is 0.0315. The van der Waals surface area contributed by atoms with Crippen molar-refractivity contribution in [3.8, 4) is 5.75 Å². The van der Waals surface area contributed by atoms with E-state index in [2.05, 4.69) is 51.2 Å². The molecule has 0 atom stereocenters. The van der Waals surface area contributed by atoms with Gasteiger partial charge >= 0.3 is 156 Å². The summed E-state index contributed by atoms with van der Waals surface area (Å²) in [5.74, 6) is 3.55. The molecule has 3 nitrogen and oxygen atoms in total. The molecule has 1 heterocycles. The van der Waals surface area contributed by atoms with Gasteiger partial charge < -0.3 is 0 Å². The van der Waals surface area contributed by atoms with E-state index < -0.39 is 0 Å². The molecule has 1 aliphatic carbocycles. The molecule has 4 heteroatoms. The number of nitrogens with one attached hydrogen (secondary N) is 1. The van der Waals surface area contributed by atoms with E-state index in [1.165, 1.54) is 16.7 Å². The average Bonchev–Trinajstić information content (AvgIpc) is 2.65. The fourth-order valence-corrected chi connectivity index (χ4v) is 3.72. The van der Waals surface area contributed by atoms with E-state index in [1.54, 1.807) is 0 Å². The van der Waals surface area contributed by atoms with Crippen molar-refractivity contribution >= 4 is 12.8 Å². The van der Waals surface area contributed by atoms with Crippen LogP contribution in [0.5, 0.6) is 5.75 Å². The van der Waals surface area contributed by atoms with Gasteiger partial charge in [0.25, 0.3) is 0 Å². The fraction of sp³-hybridized carbons (Fsp3) is 0.478. The van der Waals surface area contributed by atoms with Gasteiger partial charge in [-0.3, -0.25) is 0 Å². The molecule has 27 heavy (non-hydrogen) atoms. The Morgan fingerprint density at radius 2 is 1.85 bits per heavy atom. The van der Waals surface area contributed by atoms with Crippen LogP contribution in [0.15, 0.2) is 36.3 Å². The monoisotopic (exact) mass is 363 g/mol. The second kappa shape index (κ2) is 8.73. The number of carbonyl (C=O) groups excluding carboxylic acids is 1. The predicted molar refractivity (Wildman–Crippen MR) is 112 cm³/mol. The molecule has 1 aliphatic rings. The Labute approximate surface area is 163 Å². The van der Waals surface area contributed by atoms with Crippen molar-refractivity contribution in [1.82, 2.24) is 5.32 Å². The Morgan fingerprint density at radius 3 is 2.44 bits per heavy atom. The Kier molecular flexibility index (Phi) is 6.36. The number of hydrogen-bond donors (Lipinski definition) is 1. The van der Waals surface area contributed by atoms with Crippen LogP contribution in [0.3, 0.4) is 0 Å². The van der Waals surface area contributed by atoms with Gasteiger partial charge in [-0.2, -0.15) is 0 Å². The fourth-order valence-electron chi connectivity index (χ4n) is 3.72. The van der Waals surface area contributed by atoms with Gasteiger partial charge in [-0.15, -0.1) is 0 Å². The van der Waals surface area contributed by atoms with Gasteiger partial charge in [0.2, 0.25) is 0 Å². The molecule has 1 amide bonds. The van der Waals surface area contributed by atoms with Crippen LogP contribution in [0.25, 0.3) is 0 Å². The van der Waals surface area contributed by atoms with Crippen molar-refractivity contribution in [1.29, 1.82) is 0 Å². The Hall–Kier alpha value is -2.10. The number of aryl methyl sites for hydroxylation is 2. The van der Waals surface area contributed by atoms with Crippen LogP contribution in [0.4, 0.5) is 0 Å². The third kappa shape index (κ3) is 5.21. The second-order valence-electron chi connectivity index (χ2n) is 8.11. The average molecular weight is 363 g/mol. The first-order chi connectivity index (χ1) is 12.9. The third-order valence-corrected chi connectivity index (χ3v) is 5.47. The van der Waals surface area contributed by atoms with E-state index in [0.29, 0.717) is 5.92 Å². The van der Waals surface area contributed by atoms with Crippen molar-refractivity contribution in [2.45, 2.75) is 71.4 Å². The molecule has 0 radical (unpaired) electrons. The molecular formula is C23H30BNO2. The summed E-state index contributed by atoms with van der Waals surface area (Å²) in [5.41, 5.74) is 4.45. The summed E-state index contributed by atoms with van der Waals surface area (Å²) in [4.78, 5) is 12.5. The summed E-state index contributed by atoms with van der Waals surface area (Å²) in [7, 11) is 0. The summed E-state index contributed by atoms with van der Waals surface area (Å²) >= 11 is 0. The van der Waals surface area contributed by atoms with Crippen LogP contribution in [0.2, 0.25) is 0 Å². The van der Waals surface area contributed by atoms with Crippen molar-refractivity contribution in [3.05, 3.63) is 58.4 Å². The summed E-state index contributed by atoms with van der Waals surface area (Å²) in [5, 5.41) is 3.19. The van der Waals surface area contributed by atoms with Crippen LogP contribution in [0, 0.1) is 13.8 Å². The van der Waals surface area contributed by atoms with Crippen LogP contribution < -0.4 is 10.1 Å². The summed E-state index contributed by atoms with van der Waals surface area (Å²) in [6, 6.07) is 10.5. The van der Waals surface area contributed by atoms with Gasteiger partial charge in [0.1, 0.15) is 0 Å². The Bertz CT molecular complexity index is 777. The maximum atomic E-state index is 12.5.